The molecule has 0 saturated carbocycles. The molecule has 31 heavy (non-hydrogen) atoms. The van der Waals surface area contributed by atoms with Gasteiger partial charge in [0.25, 0.3) is 0 Å². The van der Waals surface area contributed by atoms with Crippen molar-refractivity contribution in [3.05, 3.63) is 115 Å². The second kappa shape index (κ2) is 14.0. The molecule has 0 unspecified atom stereocenters. The normalized spacial score (nSPS) is 9.81. The minimum absolute atomic E-state index is 0.129. The Morgan fingerprint density at radius 2 is 1.16 bits per heavy atom. The van der Waals surface area contributed by atoms with Gasteiger partial charge < -0.3 is 4.74 Å². The van der Waals surface area contributed by atoms with E-state index in [9.17, 15) is 0 Å². The van der Waals surface area contributed by atoms with Gasteiger partial charge >= 0.3 is 0 Å². The summed E-state index contributed by atoms with van der Waals surface area (Å²) in [5.74, 6) is 1.48. The van der Waals surface area contributed by atoms with Crippen LogP contribution in [-0.2, 0) is 5.88 Å². The lowest BCUT2D eigenvalue weighted by Crippen LogP contribution is -2.22. The zero-order valence-electron chi connectivity index (χ0n) is 18.7. The van der Waals surface area contributed by atoms with E-state index in [2.05, 4.69) is 24.7 Å². The Balaban J connectivity index is 0.000000240. The van der Waals surface area contributed by atoms with E-state index < -0.39 is 0 Å². The van der Waals surface area contributed by atoms with Gasteiger partial charge in [0.15, 0.2) is 0 Å². The summed E-state index contributed by atoms with van der Waals surface area (Å²) in [6.45, 7) is 17.1. The second-order valence-corrected chi connectivity index (χ2v) is 7.82. The van der Waals surface area contributed by atoms with Crippen LogP contribution in [-0.4, -0.2) is 10.6 Å². The second-order valence-electron chi connectivity index (χ2n) is 7.55. The van der Waals surface area contributed by atoms with Gasteiger partial charge in [-0.2, -0.15) is 0 Å². The Hall–Kier alpha value is -3.10. The van der Waals surface area contributed by atoms with Crippen molar-refractivity contribution in [1.29, 1.82) is 0 Å². The molecule has 2 aromatic carbocycles. The van der Waals surface area contributed by atoms with Crippen molar-refractivity contribution in [3.8, 4) is 5.75 Å². The van der Waals surface area contributed by atoms with E-state index >= 15 is 0 Å². The van der Waals surface area contributed by atoms with Crippen LogP contribution >= 0.6 is 11.6 Å². The van der Waals surface area contributed by atoms with E-state index in [1.165, 1.54) is 0 Å². The van der Waals surface area contributed by atoms with E-state index in [1.807, 2.05) is 93.6 Å². The average Bonchev–Trinajstić information content (AvgIpc) is 2.80. The van der Waals surface area contributed by atoms with Gasteiger partial charge in [-0.1, -0.05) is 74.4 Å². The highest BCUT2D eigenvalue weighted by Gasteiger charge is 2.10. The molecule has 1 heterocycles. The largest absolute Gasteiger partial charge is 0.488 e. The first kappa shape index (κ1) is 25.9. The van der Waals surface area contributed by atoms with Crippen molar-refractivity contribution in [2.24, 2.45) is 0 Å². The summed E-state index contributed by atoms with van der Waals surface area (Å²) in [5.41, 5.74) is 4.37. The Morgan fingerprint density at radius 3 is 1.52 bits per heavy atom. The van der Waals surface area contributed by atoms with E-state index in [0.717, 1.165) is 28.0 Å². The summed E-state index contributed by atoms with van der Waals surface area (Å²) in [5, 5.41) is 0. The molecule has 0 aliphatic heterocycles. The SMILES string of the molecule is C=Cc1ccc(CCl)cc1.C=Cc1ccc(OC(C)(C)C)cc1.C=Cc1ccncc1. The van der Waals surface area contributed by atoms with Crippen LogP contribution in [0.3, 0.4) is 0 Å². The minimum Gasteiger partial charge on any atom is -0.488 e. The molecule has 3 rings (SSSR count). The van der Waals surface area contributed by atoms with Crippen LogP contribution in [0.1, 0.15) is 43.0 Å². The van der Waals surface area contributed by atoms with Crippen LogP contribution in [0, 0.1) is 0 Å². The number of nitrogens with zero attached hydrogens (tertiary/aromatic N) is 1. The smallest absolute Gasteiger partial charge is 0.120 e. The zero-order chi connectivity index (χ0) is 23.1. The molecule has 0 radical (unpaired) electrons. The molecule has 0 spiro atoms. The third-order valence-corrected chi connectivity index (χ3v) is 4.16. The fourth-order valence-corrected chi connectivity index (χ4v) is 2.45. The highest BCUT2D eigenvalue weighted by atomic mass is 35.5. The van der Waals surface area contributed by atoms with Crippen molar-refractivity contribution >= 4 is 29.8 Å². The summed E-state index contributed by atoms with van der Waals surface area (Å²) >= 11 is 5.60. The Morgan fingerprint density at radius 1 is 0.742 bits per heavy atom. The van der Waals surface area contributed by atoms with E-state index in [-0.39, 0.29) is 5.60 Å². The van der Waals surface area contributed by atoms with Crippen molar-refractivity contribution < 1.29 is 4.74 Å². The number of benzene rings is 2. The molecule has 1 aromatic heterocycles. The molecular weight excluding hydrogens is 402 g/mol. The number of aromatic nitrogens is 1. The van der Waals surface area contributed by atoms with Gasteiger partial charge in [0.05, 0.1) is 0 Å². The maximum absolute atomic E-state index is 5.67. The molecule has 0 fully saturated rings. The van der Waals surface area contributed by atoms with Crippen LogP contribution in [0.5, 0.6) is 5.75 Å². The minimum atomic E-state index is -0.129. The fourth-order valence-electron chi connectivity index (χ4n) is 2.27. The number of alkyl halides is 1. The third kappa shape index (κ3) is 11.6. The Kier molecular flexibility index (Phi) is 11.7. The van der Waals surface area contributed by atoms with Crippen molar-refractivity contribution in [1.82, 2.24) is 4.98 Å². The lowest BCUT2D eigenvalue weighted by atomic mass is 10.1. The summed E-state index contributed by atoms with van der Waals surface area (Å²) in [6, 6.07) is 19.7. The number of rotatable bonds is 5. The lowest BCUT2D eigenvalue weighted by molar-refractivity contribution is 0.131. The number of hydrogen-bond acceptors (Lipinski definition) is 2. The first-order valence-corrected chi connectivity index (χ1v) is 10.6. The number of ether oxygens (including phenoxy) is 1. The highest BCUT2D eigenvalue weighted by molar-refractivity contribution is 6.17. The van der Waals surface area contributed by atoms with Gasteiger partial charge in [0, 0.05) is 18.3 Å². The van der Waals surface area contributed by atoms with Gasteiger partial charge in [-0.25, -0.2) is 0 Å². The van der Waals surface area contributed by atoms with Crippen LogP contribution in [0.4, 0.5) is 0 Å². The lowest BCUT2D eigenvalue weighted by Gasteiger charge is -2.21. The van der Waals surface area contributed by atoms with Gasteiger partial charge in [0.1, 0.15) is 11.4 Å². The van der Waals surface area contributed by atoms with Crippen molar-refractivity contribution in [2.45, 2.75) is 32.3 Å². The van der Waals surface area contributed by atoms with Gasteiger partial charge in [-0.3, -0.25) is 4.98 Å². The summed E-state index contributed by atoms with van der Waals surface area (Å²) in [4.78, 5) is 3.85. The first-order valence-electron chi connectivity index (χ1n) is 10.0. The Bertz CT molecular complexity index is 908. The standard InChI is InChI=1S/C12H16O.C9H9Cl.C7H7N/c1-5-10-6-8-11(9-7-10)13-12(2,3)4;1-2-8-3-5-9(7-10)6-4-8;1-2-7-3-5-8-6-4-7/h5-9H,1H2,2-4H3;2-6H,1,7H2;2-6H,1H2. The molecule has 3 heteroatoms. The molecule has 3 aromatic rings. The third-order valence-electron chi connectivity index (χ3n) is 3.85. The quantitative estimate of drug-likeness (QED) is 0.377. The van der Waals surface area contributed by atoms with Crippen molar-refractivity contribution in [2.75, 3.05) is 0 Å². The monoisotopic (exact) mass is 433 g/mol. The predicted octanol–water partition coefficient (Wildman–Crippen LogP) is 8.30. The van der Waals surface area contributed by atoms with E-state index in [0.29, 0.717) is 5.88 Å². The summed E-state index contributed by atoms with van der Waals surface area (Å²) in [7, 11) is 0. The molecule has 0 atom stereocenters. The number of pyridine rings is 1. The van der Waals surface area contributed by atoms with Crippen LogP contribution in [0.2, 0.25) is 0 Å². The van der Waals surface area contributed by atoms with Gasteiger partial charge in [-0.15, -0.1) is 11.6 Å². The maximum atomic E-state index is 5.67. The average molecular weight is 434 g/mol. The number of halogens is 1. The predicted molar refractivity (Wildman–Crippen MR) is 137 cm³/mol. The molecule has 0 aliphatic rings. The van der Waals surface area contributed by atoms with Crippen molar-refractivity contribution in [3.63, 3.8) is 0 Å². The fraction of sp³-hybridized carbons (Fsp3) is 0.179. The van der Waals surface area contributed by atoms with Gasteiger partial charge in [0.2, 0.25) is 0 Å². The molecule has 0 bridgehead atoms. The maximum Gasteiger partial charge on any atom is 0.120 e. The van der Waals surface area contributed by atoms with Crippen LogP contribution in [0.15, 0.2) is 92.8 Å². The molecule has 0 aliphatic carbocycles. The van der Waals surface area contributed by atoms with Gasteiger partial charge in [-0.05, 0) is 67.3 Å². The van der Waals surface area contributed by atoms with Crippen LogP contribution < -0.4 is 4.74 Å². The Labute approximate surface area is 192 Å². The summed E-state index contributed by atoms with van der Waals surface area (Å²) in [6.07, 6.45) is 8.93. The number of hydrogen-bond donors (Lipinski definition) is 0. The molecule has 0 N–H and O–H groups in total. The zero-order valence-corrected chi connectivity index (χ0v) is 19.5. The molecule has 162 valence electrons. The molecule has 0 saturated heterocycles. The topological polar surface area (TPSA) is 22.1 Å². The first-order chi connectivity index (χ1) is 14.8. The van der Waals surface area contributed by atoms with Crippen LogP contribution in [0.25, 0.3) is 18.2 Å². The molecule has 2 nitrogen and oxygen atoms in total. The highest BCUT2D eigenvalue weighted by Crippen LogP contribution is 2.18. The summed E-state index contributed by atoms with van der Waals surface area (Å²) < 4.78 is 5.67. The van der Waals surface area contributed by atoms with E-state index in [1.54, 1.807) is 18.5 Å². The van der Waals surface area contributed by atoms with E-state index in [4.69, 9.17) is 16.3 Å². The molecular formula is C28H32ClNO. The molecule has 0 amide bonds.